The zero-order valence-corrected chi connectivity index (χ0v) is 15.9. The van der Waals surface area contributed by atoms with Crippen LogP contribution in [0.1, 0.15) is 12.8 Å². The molecule has 1 N–H and O–H groups in total. The molecule has 4 rings (SSSR count). The lowest BCUT2D eigenvalue weighted by molar-refractivity contribution is -0.0328. The van der Waals surface area contributed by atoms with Crippen LogP contribution < -0.4 is 5.32 Å². The molecule has 3 heterocycles. The Hall–Kier alpha value is -0.680. The third-order valence-electron chi connectivity index (χ3n) is 4.87. The number of hydrogen-bond donors (Lipinski definition) is 1. The number of piperidine rings is 1. The SMILES string of the molecule is CN1CC[C@]2(Nc3cccc4c(SC(F)(F)F)c(I)nn34)C[C@@H]2C1. The number of alkyl halides is 3. The Balaban J connectivity index is 1.67. The second-order valence-electron chi connectivity index (χ2n) is 6.57. The van der Waals surface area contributed by atoms with Crippen molar-refractivity contribution in [1.29, 1.82) is 0 Å². The summed E-state index contributed by atoms with van der Waals surface area (Å²) in [4.78, 5) is 2.49. The molecule has 0 spiro atoms. The lowest BCUT2D eigenvalue weighted by atomic mass is 10.1. The maximum Gasteiger partial charge on any atom is 0.446 e. The van der Waals surface area contributed by atoms with Gasteiger partial charge in [-0.05, 0) is 72.3 Å². The Bertz CT molecular complexity index is 793. The summed E-state index contributed by atoms with van der Waals surface area (Å²) < 4.78 is 40.4. The van der Waals surface area contributed by atoms with Gasteiger partial charge in [-0.1, -0.05) is 6.07 Å². The summed E-state index contributed by atoms with van der Waals surface area (Å²) in [5.74, 6) is 1.37. The first-order valence-electron chi connectivity index (χ1n) is 7.67. The highest BCUT2D eigenvalue weighted by molar-refractivity contribution is 14.1. The quantitative estimate of drug-likeness (QED) is 0.545. The number of fused-ring (bicyclic) bond motifs is 2. The predicted molar refractivity (Wildman–Crippen MR) is 96.4 cm³/mol. The first-order chi connectivity index (χ1) is 11.3. The van der Waals surface area contributed by atoms with Crippen LogP contribution in [0.2, 0.25) is 0 Å². The number of nitrogens with zero attached hydrogens (tertiary/aromatic N) is 3. The largest absolute Gasteiger partial charge is 0.446 e. The van der Waals surface area contributed by atoms with Gasteiger partial charge in [0, 0.05) is 18.6 Å². The molecule has 2 aromatic heterocycles. The van der Waals surface area contributed by atoms with Gasteiger partial charge in [0.05, 0.1) is 10.4 Å². The summed E-state index contributed by atoms with van der Waals surface area (Å²) in [6.45, 7) is 2.10. The molecular weight excluding hydrogens is 452 g/mol. The van der Waals surface area contributed by atoms with Crippen molar-refractivity contribution in [3.05, 3.63) is 21.9 Å². The van der Waals surface area contributed by atoms with Gasteiger partial charge in [0.25, 0.3) is 0 Å². The molecule has 2 fully saturated rings. The molecule has 1 aliphatic heterocycles. The second kappa shape index (κ2) is 5.66. The topological polar surface area (TPSA) is 32.6 Å². The van der Waals surface area contributed by atoms with Crippen LogP contribution in [0.3, 0.4) is 0 Å². The van der Waals surface area contributed by atoms with Crippen LogP contribution >= 0.6 is 34.4 Å². The van der Waals surface area contributed by atoms with Gasteiger partial charge in [-0.25, -0.2) is 4.52 Å². The van der Waals surface area contributed by atoms with Gasteiger partial charge >= 0.3 is 5.51 Å². The van der Waals surface area contributed by atoms with E-state index in [4.69, 9.17) is 0 Å². The molecule has 0 radical (unpaired) electrons. The third-order valence-corrected chi connectivity index (χ3v) is 6.83. The van der Waals surface area contributed by atoms with Gasteiger partial charge in [0.2, 0.25) is 0 Å². The molecule has 9 heteroatoms. The molecule has 2 aliphatic rings. The highest BCUT2D eigenvalue weighted by Gasteiger charge is 2.56. The van der Waals surface area contributed by atoms with E-state index >= 15 is 0 Å². The average Bonchev–Trinajstić information content (AvgIpc) is 3.09. The van der Waals surface area contributed by atoms with E-state index in [9.17, 15) is 13.2 Å². The van der Waals surface area contributed by atoms with Crippen molar-refractivity contribution in [2.24, 2.45) is 5.92 Å². The molecule has 2 aromatic rings. The number of nitrogens with one attached hydrogen (secondary N) is 1. The van der Waals surface area contributed by atoms with E-state index in [1.807, 2.05) is 28.7 Å². The average molecular weight is 468 g/mol. The summed E-state index contributed by atoms with van der Waals surface area (Å²) >= 11 is 1.77. The minimum Gasteiger partial charge on any atom is -0.364 e. The standard InChI is InChI=1S/C15H16F3IN4S/c1-22-6-5-14(7-9(14)8-22)20-11-4-2-3-10-12(24-15(16,17)18)13(19)21-23(10)11/h2-4,9,20H,5-8H2,1H3/t9-,14+/m1/s1. The summed E-state index contributed by atoms with van der Waals surface area (Å²) in [5, 5.41) is 7.92. The number of thioether (sulfide) groups is 1. The molecular formula is C15H16F3IN4S. The molecule has 24 heavy (non-hydrogen) atoms. The van der Waals surface area contributed by atoms with Crippen molar-refractivity contribution >= 4 is 45.7 Å². The fourth-order valence-corrected chi connectivity index (χ4v) is 5.02. The Kier molecular flexibility index (Phi) is 3.96. The molecule has 0 bridgehead atoms. The first kappa shape index (κ1) is 16.8. The van der Waals surface area contributed by atoms with Crippen molar-refractivity contribution in [3.63, 3.8) is 0 Å². The van der Waals surface area contributed by atoms with Crippen molar-refractivity contribution in [1.82, 2.24) is 14.5 Å². The van der Waals surface area contributed by atoms with Crippen LogP contribution in [-0.2, 0) is 0 Å². The molecule has 4 nitrogen and oxygen atoms in total. The highest BCUT2D eigenvalue weighted by Crippen LogP contribution is 2.51. The van der Waals surface area contributed by atoms with Crippen LogP contribution in [0.15, 0.2) is 23.1 Å². The van der Waals surface area contributed by atoms with E-state index in [0.717, 1.165) is 31.7 Å². The van der Waals surface area contributed by atoms with Gasteiger partial charge in [0.15, 0.2) is 0 Å². The molecule has 0 unspecified atom stereocenters. The molecule has 0 amide bonds. The minimum atomic E-state index is -4.32. The van der Waals surface area contributed by atoms with Gasteiger partial charge < -0.3 is 10.2 Å². The lowest BCUT2D eigenvalue weighted by Crippen LogP contribution is -2.39. The third kappa shape index (κ3) is 2.98. The van der Waals surface area contributed by atoms with Gasteiger partial charge in [-0.2, -0.15) is 18.3 Å². The molecule has 1 aliphatic carbocycles. The maximum absolute atomic E-state index is 12.8. The lowest BCUT2D eigenvalue weighted by Gasteiger charge is -2.30. The number of hydrogen-bond acceptors (Lipinski definition) is 4. The summed E-state index contributed by atoms with van der Waals surface area (Å²) in [6.07, 6.45) is 2.16. The first-order valence-corrected chi connectivity index (χ1v) is 9.57. The number of anilines is 1. The van der Waals surface area contributed by atoms with E-state index < -0.39 is 5.51 Å². The van der Waals surface area contributed by atoms with E-state index in [2.05, 4.69) is 22.4 Å². The normalized spacial score (nSPS) is 27.3. The Morgan fingerprint density at radius 2 is 2.21 bits per heavy atom. The maximum atomic E-state index is 12.8. The van der Waals surface area contributed by atoms with E-state index in [-0.39, 0.29) is 22.2 Å². The van der Waals surface area contributed by atoms with Gasteiger partial charge in [-0.15, -0.1) is 0 Å². The fourth-order valence-electron chi connectivity index (χ4n) is 3.58. The Morgan fingerprint density at radius 3 is 2.92 bits per heavy atom. The molecule has 2 atom stereocenters. The number of likely N-dealkylation sites (tertiary alicyclic amines) is 1. The van der Waals surface area contributed by atoms with Crippen molar-refractivity contribution in [2.75, 3.05) is 25.5 Å². The van der Waals surface area contributed by atoms with Gasteiger partial charge in [0.1, 0.15) is 9.52 Å². The molecule has 1 saturated carbocycles. The minimum absolute atomic E-state index is 0.0789. The number of aromatic nitrogens is 2. The van der Waals surface area contributed by atoms with E-state index in [1.54, 1.807) is 16.6 Å². The van der Waals surface area contributed by atoms with Crippen molar-refractivity contribution < 1.29 is 13.2 Å². The summed E-state index contributed by atoms with van der Waals surface area (Å²) in [6, 6.07) is 5.37. The molecule has 1 saturated heterocycles. The van der Waals surface area contributed by atoms with Crippen molar-refractivity contribution in [2.45, 2.75) is 28.8 Å². The smallest absolute Gasteiger partial charge is 0.364 e. The van der Waals surface area contributed by atoms with Crippen LogP contribution in [-0.4, -0.2) is 45.7 Å². The Labute approximate surface area is 155 Å². The monoisotopic (exact) mass is 468 g/mol. The van der Waals surface area contributed by atoms with E-state index in [1.165, 1.54) is 0 Å². The zero-order valence-electron chi connectivity index (χ0n) is 12.9. The van der Waals surface area contributed by atoms with Crippen LogP contribution in [0, 0.1) is 9.62 Å². The zero-order chi connectivity index (χ0) is 17.1. The summed E-state index contributed by atoms with van der Waals surface area (Å²) in [5.41, 5.74) is -3.75. The van der Waals surface area contributed by atoms with Crippen molar-refractivity contribution in [3.8, 4) is 0 Å². The fraction of sp³-hybridized carbons (Fsp3) is 0.533. The second-order valence-corrected chi connectivity index (χ2v) is 8.67. The summed E-state index contributed by atoms with van der Waals surface area (Å²) in [7, 11) is 2.12. The van der Waals surface area contributed by atoms with E-state index in [0.29, 0.717) is 15.1 Å². The van der Waals surface area contributed by atoms with Crippen LogP contribution in [0.25, 0.3) is 5.52 Å². The Morgan fingerprint density at radius 1 is 1.42 bits per heavy atom. The molecule has 130 valence electrons. The molecule has 0 aromatic carbocycles. The number of halogens is 4. The van der Waals surface area contributed by atoms with Crippen LogP contribution in [0.4, 0.5) is 19.0 Å². The van der Waals surface area contributed by atoms with Gasteiger partial charge in [-0.3, -0.25) is 0 Å². The number of pyridine rings is 1. The highest BCUT2D eigenvalue weighted by atomic mass is 127. The number of rotatable bonds is 3. The van der Waals surface area contributed by atoms with Crippen LogP contribution in [0.5, 0.6) is 0 Å². The predicted octanol–water partition coefficient (Wildman–Crippen LogP) is 4.06.